The maximum Gasteiger partial charge on any atom is 0.264 e. The van der Waals surface area contributed by atoms with Crippen molar-refractivity contribution >= 4 is 33.6 Å². The van der Waals surface area contributed by atoms with E-state index in [-0.39, 0.29) is 11.8 Å². The molecular weight excluding hydrogens is 310 g/mol. The number of carbonyl (C=O) groups excluding carboxylic acids is 2. The monoisotopic (exact) mass is 323 g/mol. The van der Waals surface area contributed by atoms with Gasteiger partial charge < -0.3 is 11.1 Å². The standard InChI is InChI=1S/C13H14BrN3O2/c1-7(6-15)11-16-12(18)10(13(19)17-11)8-4-2-3-5-9(8)14/h2-5,7,10H,6,15H2,1H3,(H,16,17,18,19). The van der Waals surface area contributed by atoms with Crippen LogP contribution in [0.1, 0.15) is 18.4 Å². The molecular formula is C13H14BrN3O2. The lowest BCUT2D eigenvalue weighted by Crippen LogP contribution is -2.46. The van der Waals surface area contributed by atoms with E-state index in [0.29, 0.717) is 22.4 Å². The smallest absolute Gasteiger partial charge is 0.264 e. The number of carbonyl (C=O) groups is 2. The molecule has 1 aliphatic heterocycles. The predicted molar refractivity (Wildman–Crippen MR) is 75.7 cm³/mol. The van der Waals surface area contributed by atoms with E-state index in [2.05, 4.69) is 26.2 Å². The number of nitrogens with one attached hydrogen (secondary N) is 1. The van der Waals surface area contributed by atoms with E-state index in [0.717, 1.165) is 0 Å². The third kappa shape index (κ3) is 2.74. The Morgan fingerprint density at radius 3 is 2.68 bits per heavy atom. The number of aliphatic imine (C=N–C) groups is 1. The Bertz CT molecular complexity index is 557. The molecule has 2 amide bonds. The number of hydrogen-bond acceptors (Lipinski definition) is 3. The highest BCUT2D eigenvalue weighted by Gasteiger charge is 2.35. The summed E-state index contributed by atoms with van der Waals surface area (Å²) in [6.45, 7) is 2.14. The van der Waals surface area contributed by atoms with Crippen molar-refractivity contribution in [3.8, 4) is 0 Å². The molecule has 2 rings (SSSR count). The average molecular weight is 324 g/mol. The fraction of sp³-hybridized carbons (Fsp3) is 0.308. The van der Waals surface area contributed by atoms with Gasteiger partial charge >= 0.3 is 0 Å². The molecule has 0 bridgehead atoms. The Morgan fingerprint density at radius 2 is 2.11 bits per heavy atom. The Morgan fingerprint density at radius 1 is 1.42 bits per heavy atom. The van der Waals surface area contributed by atoms with Crippen LogP contribution in [0.3, 0.4) is 0 Å². The van der Waals surface area contributed by atoms with Crippen LogP contribution < -0.4 is 11.1 Å². The minimum absolute atomic E-state index is 0.145. The van der Waals surface area contributed by atoms with Crippen molar-refractivity contribution in [1.82, 2.24) is 5.32 Å². The van der Waals surface area contributed by atoms with Crippen molar-refractivity contribution in [2.24, 2.45) is 16.6 Å². The topological polar surface area (TPSA) is 84.5 Å². The highest BCUT2D eigenvalue weighted by molar-refractivity contribution is 9.10. The van der Waals surface area contributed by atoms with Crippen molar-refractivity contribution in [1.29, 1.82) is 0 Å². The highest BCUT2D eigenvalue weighted by atomic mass is 79.9. The van der Waals surface area contributed by atoms with Crippen molar-refractivity contribution in [3.05, 3.63) is 34.3 Å². The van der Waals surface area contributed by atoms with Gasteiger partial charge in [-0.25, -0.2) is 0 Å². The van der Waals surface area contributed by atoms with E-state index in [1.165, 1.54) is 0 Å². The van der Waals surface area contributed by atoms with Crippen LogP contribution in [0.15, 0.2) is 33.7 Å². The van der Waals surface area contributed by atoms with Crippen molar-refractivity contribution in [2.75, 3.05) is 6.54 Å². The zero-order chi connectivity index (χ0) is 14.0. The number of amides is 2. The van der Waals surface area contributed by atoms with Crippen LogP contribution >= 0.6 is 15.9 Å². The number of hydrogen-bond donors (Lipinski definition) is 2. The average Bonchev–Trinajstić information content (AvgIpc) is 2.39. The van der Waals surface area contributed by atoms with Gasteiger partial charge in [-0.05, 0) is 11.6 Å². The van der Waals surface area contributed by atoms with Crippen LogP contribution in [0.2, 0.25) is 0 Å². The number of nitrogens with zero attached hydrogens (tertiary/aromatic N) is 1. The predicted octanol–water partition coefficient (Wildman–Crippen LogP) is 1.18. The largest absolute Gasteiger partial charge is 0.330 e. The minimum Gasteiger partial charge on any atom is -0.330 e. The molecule has 0 aliphatic carbocycles. The Balaban J connectivity index is 2.36. The second-order valence-electron chi connectivity index (χ2n) is 4.42. The molecule has 3 N–H and O–H groups in total. The van der Waals surface area contributed by atoms with Crippen LogP contribution in [0, 0.1) is 5.92 Å². The van der Waals surface area contributed by atoms with Crippen LogP contribution in [-0.2, 0) is 9.59 Å². The summed E-state index contributed by atoms with van der Waals surface area (Å²) < 4.78 is 0.717. The number of halogens is 1. The van der Waals surface area contributed by atoms with Gasteiger partial charge in [0.15, 0.2) is 0 Å². The summed E-state index contributed by atoms with van der Waals surface area (Å²) >= 11 is 3.34. The molecule has 0 radical (unpaired) electrons. The lowest BCUT2D eigenvalue weighted by Gasteiger charge is -2.23. The minimum atomic E-state index is -0.899. The maximum absolute atomic E-state index is 12.1. The number of rotatable bonds is 3. The first-order valence-electron chi connectivity index (χ1n) is 5.92. The fourth-order valence-electron chi connectivity index (χ4n) is 1.85. The molecule has 100 valence electrons. The summed E-state index contributed by atoms with van der Waals surface area (Å²) in [5.41, 5.74) is 6.13. The number of benzene rings is 1. The number of amidine groups is 1. The van der Waals surface area contributed by atoms with Gasteiger partial charge in [-0.3, -0.25) is 9.59 Å². The van der Waals surface area contributed by atoms with E-state index >= 15 is 0 Å². The van der Waals surface area contributed by atoms with E-state index in [4.69, 9.17) is 5.73 Å². The van der Waals surface area contributed by atoms with Crippen molar-refractivity contribution in [3.63, 3.8) is 0 Å². The zero-order valence-corrected chi connectivity index (χ0v) is 12.0. The SMILES string of the molecule is CC(CN)C1=NC(=O)C(c2ccccc2Br)C(=O)N1. The molecule has 1 aromatic carbocycles. The van der Waals surface area contributed by atoms with Gasteiger partial charge in [0.05, 0.1) is 0 Å². The lowest BCUT2D eigenvalue weighted by atomic mass is 9.95. The molecule has 1 aliphatic rings. The molecule has 0 fully saturated rings. The first kappa shape index (κ1) is 13.9. The molecule has 0 aromatic heterocycles. The summed E-state index contributed by atoms with van der Waals surface area (Å²) in [5, 5.41) is 2.66. The van der Waals surface area contributed by atoms with Crippen LogP contribution in [0.25, 0.3) is 0 Å². The van der Waals surface area contributed by atoms with Gasteiger partial charge in [-0.15, -0.1) is 0 Å². The van der Waals surface area contributed by atoms with Crippen LogP contribution in [0.4, 0.5) is 0 Å². The van der Waals surface area contributed by atoms with Gasteiger partial charge in [0.2, 0.25) is 5.91 Å². The first-order chi connectivity index (χ1) is 9.04. The molecule has 19 heavy (non-hydrogen) atoms. The summed E-state index contributed by atoms with van der Waals surface area (Å²) in [5.74, 6) is -1.51. The molecule has 2 atom stereocenters. The molecule has 1 heterocycles. The number of nitrogens with two attached hydrogens (primary N) is 1. The van der Waals surface area contributed by atoms with Crippen molar-refractivity contribution in [2.45, 2.75) is 12.8 Å². The summed E-state index contributed by atoms with van der Waals surface area (Å²) in [6, 6.07) is 7.13. The third-order valence-electron chi connectivity index (χ3n) is 3.03. The molecule has 5 nitrogen and oxygen atoms in total. The third-order valence-corrected chi connectivity index (χ3v) is 3.75. The van der Waals surface area contributed by atoms with Crippen LogP contribution in [0.5, 0.6) is 0 Å². The molecule has 0 spiro atoms. The molecule has 2 unspecified atom stereocenters. The zero-order valence-electron chi connectivity index (χ0n) is 10.4. The summed E-state index contributed by atoms with van der Waals surface area (Å²) in [6.07, 6.45) is 0. The van der Waals surface area contributed by atoms with Crippen LogP contribution in [-0.4, -0.2) is 24.2 Å². The van der Waals surface area contributed by atoms with Gasteiger partial charge in [0.25, 0.3) is 5.91 Å². The second kappa shape index (κ2) is 5.63. The van der Waals surface area contributed by atoms with E-state index < -0.39 is 11.8 Å². The highest BCUT2D eigenvalue weighted by Crippen LogP contribution is 2.28. The van der Waals surface area contributed by atoms with E-state index in [1.807, 2.05) is 13.0 Å². The van der Waals surface area contributed by atoms with Gasteiger partial charge in [-0.2, -0.15) is 4.99 Å². The molecule has 1 aromatic rings. The molecule has 0 saturated carbocycles. The van der Waals surface area contributed by atoms with Gasteiger partial charge in [0.1, 0.15) is 11.8 Å². The van der Waals surface area contributed by atoms with E-state index in [9.17, 15) is 9.59 Å². The normalized spacial score (nSPS) is 20.8. The Hall–Kier alpha value is -1.53. The van der Waals surface area contributed by atoms with E-state index in [1.54, 1.807) is 18.2 Å². The Labute approximate surface area is 119 Å². The van der Waals surface area contributed by atoms with Gasteiger partial charge in [0, 0.05) is 16.9 Å². The lowest BCUT2D eigenvalue weighted by molar-refractivity contribution is -0.129. The van der Waals surface area contributed by atoms with Gasteiger partial charge in [-0.1, -0.05) is 41.1 Å². The summed E-state index contributed by atoms with van der Waals surface area (Å²) in [7, 11) is 0. The Kier molecular flexibility index (Phi) is 4.11. The maximum atomic E-state index is 12.1. The molecule has 0 saturated heterocycles. The first-order valence-corrected chi connectivity index (χ1v) is 6.71. The van der Waals surface area contributed by atoms with Crippen molar-refractivity contribution < 1.29 is 9.59 Å². The molecule has 6 heteroatoms. The second-order valence-corrected chi connectivity index (χ2v) is 5.27. The fourth-order valence-corrected chi connectivity index (χ4v) is 2.36. The quantitative estimate of drug-likeness (QED) is 0.819. The summed E-state index contributed by atoms with van der Waals surface area (Å²) in [4.78, 5) is 28.1.